The maximum Gasteiger partial charge on any atom is 0.278 e. The van der Waals surface area contributed by atoms with Crippen LogP contribution in [0.25, 0.3) is 11.0 Å². The molecule has 2 aromatic heterocycles. The summed E-state index contributed by atoms with van der Waals surface area (Å²) < 4.78 is 12.3. The number of H-pyrrole nitrogens is 1. The molecule has 8 nitrogen and oxygen atoms in total. The number of anilines is 1. The number of halogens is 2. The molecule has 0 atom stereocenters. The number of nitrogens with one attached hydrogen (secondary N) is 2. The van der Waals surface area contributed by atoms with Gasteiger partial charge in [-0.1, -0.05) is 29.3 Å². The van der Waals surface area contributed by atoms with Gasteiger partial charge in [-0.2, -0.15) is 5.10 Å². The zero-order chi connectivity index (χ0) is 18.8. The quantitative estimate of drug-likeness (QED) is 0.622. The molecule has 27 heavy (non-hydrogen) atoms. The lowest BCUT2D eigenvalue weighted by Gasteiger charge is -2.25. The second kappa shape index (κ2) is 7.85. The number of hydrogen-bond acceptors (Lipinski definition) is 6. The van der Waals surface area contributed by atoms with E-state index in [4.69, 9.17) is 32.7 Å². The Morgan fingerprint density at radius 3 is 2.93 bits per heavy atom. The fourth-order valence-corrected chi connectivity index (χ4v) is 3.03. The summed E-state index contributed by atoms with van der Waals surface area (Å²) in [6.07, 6.45) is 1.71. The van der Waals surface area contributed by atoms with Gasteiger partial charge in [-0.05, 0) is 17.7 Å². The van der Waals surface area contributed by atoms with Gasteiger partial charge >= 0.3 is 0 Å². The van der Waals surface area contributed by atoms with E-state index in [9.17, 15) is 4.79 Å². The number of hydrogen-bond donors (Lipinski definition) is 2. The number of ether oxygens (including phenoxy) is 2. The predicted molar refractivity (Wildman–Crippen MR) is 102 cm³/mol. The third-order valence-corrected chi connectivity index (χ3v) is 4.95. The van der Waals surface area contributed by atoms with E-state index in [0.29, 0.717) is 59.9 Å². The van der Waals surface area contributed by atoms with Crippen LogP contribution >= 0.6 is 23.2 Å². The molecule has 0 aliphatic carbocycles. The molecule has 1 fully saturated rings. The Balaban J connectivity index is 1.45. The average molecular weight is 410 g/mol. The highest BCUT2D eigenvalue weighted by molar-refractivity contribution is 6.42. The Morgan fingerprint density at radius 2 is 2.19 bits per heavy atom. The van der Waals surface area contributed by atoms with Crippen molar-refractivity contribution < 1.29 is 9.47 Å². The van der Waals surface area contributed by atoms with Crippen LogP contribution in [-0.4, -0.2) is 45.7 Å². The summed E-state index contributed by atoms with van der Waals surface area (Å²) in [5.74, 6) is 0.362. The molecule has 1 aliphatic rings. The third kappa shape index (κ3) is 4.08. The largest absolute Gasteiger partial charge is 0.376 e. The van der Waals surface area contributed by atoms with Crippen LogP contribution in [0.3, 0.4) is 0 Å². The fraction of sp³-hybridized carbons (Fsp3) is 0.353. The van der Waals surface area contributed by atoms with E-state index in [-0.39, 0.29) is 11.7 Å². The molecular weight excluding hydrogens is 393 g/mol. The van der Waals surface area contributed by atoms with Crippen LogP contribution in [0.4, 0.5) is 5.95 Å². The highest BCUT2D eigenvalue weighted by atomic mass is 35.5. The minimum atomic E-state index is -0.263. The number of nitrogens with zero attached hydrogens (tertiary/aromatic N) is 3. The highest BCUT2D eigenvalue weighted by Crippen LogP contribution is 2.22. The van der Waals surface area contributed by atoms with Crippen molar-refractivity contribution >= 4 is 40.2 Å². The first-order valence-electron chi connectivity index (χ1n) is 8.43. The molecular formula is C17H17Cl2N5O3. The molecule has 1 saturated heterocycles. The Hall–Kier alpha value is -2.13. The van der Waals surface area contributed by atoms with Crippen LogP contribution in [0.1, 0.15) is 5.56 Å². The van der Waals surface area contributed by atoms with Gasteiger partial charge in [-0.15, -0.1) is 0 Å². The summed E-state index contributed by atoms with van der Waals surface area (Å²) in [5.41, 5.74) is 1.59. The maximum absolute atomic E-state index is 12.5. The highest BCUT2D eigenvalue weighted by Gasteiger charge is 2.19. The number of aromatic nitrogens is 4. The summed E-state index contributed by atoms with van der Waals surface area (Å²) in [6, 6.07) is 5.34. The minimum absolute atomic E-state index is 0.139. The third-order valence-electron chi connectivity index (χ3n) is 4.21. The molecule has 142 valence electrons. The van der Waals surface area contributed by atoms with Crippen molar-refractivity contribution in [3.63, 3.8) is 0 Å². The van der Waals surface area contributed by atoms with Gasteiger partial charge in [0, 0.05) is 6.54 Å². The molecule has 0 spiro atoms. The Bertz CT molecular complexity index is 1020. The zero-order valence-corrected chi connectivity index (χ0v) is 15.8. The number of benzene rings is 1. The van der Waals surface area contributed by atoms with Crippen molar-refractivity contribution in [2.24, 2.45) is 0 Å². The van der Waals surface area contributed by atoms with E-state index in [1.807, 2.05) is 6.07 Å². The first-order valence-corrected chi connectivity index (χ1v) is 9.19. The second-order valence-corrected chi connectivity index (χ2v) is 6.96. The molecule has 1 aromatic carbocycles. The van der Waals surface area contributed by atoms with E-state index in [2.05, 4.69) is 20.4 Å². The Morgan fingerprint density at radius 1 is 1.33 bits per heavy atom. The number of aromatic amines is 1. The first kappa shape index (κ1) is 18.2. The second-order valence-electron chi connectivity index (χ2n) is 6.15. The zero-order valence-electron chi connectivity index (χ0n) is 14.2. The van der Waals surface area contributed by atoms with E-state index in [0.717, 1.165) is 5.56 Å². The molecule has 10 heteroatoms. The van der Waals surface area contributed by atoms with Gasteiger partial charge in [0.25, 0.3) is 5.56 Å². The topological polar surface area (TPSA) is 94.1 Å². The van der Waals surface area contributed by atoms with E-state index >= 15 is 0 Å². The van der Waals surface area contributed by atoms with Crippen molar-refractivity contribution in [1.82, 2.24) is 19.7 Å². The maximum atomic E-state index is 12.5. The molecule has 0 amide bonds. The Labute approximate surface area is 164 Å². The fourth-order valence-electron chi connectivity index (χ4n) is 2.71. The van der Waals surface area contributed by atoms with Crippen LogP contribution < -0.4 is 10.9 Å². The minimum Gasteiger partial charge on any atom is -0.376 e. The smallest absolute Gasteiger partial charge is 0.278 e. The average Bonchev–Trinajstić information content (AvgIpc) is 3.02. The van der Waals surface area contributed by atoms with Crippen LogP contribution in [0, 0.1) is 0 Å². The van der Waals surface area contributed by atoms with E-state index in [1.165, 1.54) is 0 Å². The van der Waals surface area contributed by atoms with Crippen LogP contribution in [0.5, 0.6) is 0 Å². The van der Waals surface area contributed by atoms with Gasteiger partial charge in [0.05, 0.1) is 42.6 Å². The Kier molecular flexibility index (Phi) is 5.31. The number of rotatable bonds is 7. The molecule has 0 radical (unpaired) electrons. The van der Waals surface area contributed by atoms with Crippen molar-refractivity contribution in [3.05, 3.63) is 50.4 Å². The van der Waals surface area contributed by atoms with Gasteiger partial charge in [0.15, 0.2) is 5.52 Å². The van der Waals surface area contributed by atoms with Gasteiger partial charge in [-0.3, -0.25) is 14.5 Å². The molecule has 3 aromatic rings. The van der Waals surface area contributed by atoms with Gasteiger partial charge in [0.1, 0.15) is 11.6 Å². The summed E-state index contributed by atoms with van der Waals surface area (Å²) in [7, 11) is 0. The molecule has 0 saturated carbocycles. The number of fused-ring (bicyclic) bond motifs is 1. The normalized spacial score (nSPS) is 14.4. The van der Waals surface area contributed by atoms with Crippen molar-refractivity contribution in [2.75, 3.05) is 25.1 Å². The lowest BCUT2D eigenvalue weighted by molar-refractivity contribution is -0.130. The van der Waals surface area contributed by atoms with Crippen molar-refractivity contribution in [3.8, 4) is 0 Å². The molecule has 0 bridgehead atoms. The molecule has 1 aliphatic heterocycles. The SMILES string of the molecule is O=c1[nH]c(NCc2ccc(Cl)c(Cl)c2)nc2cnn(CCOC3COC3)c12. The van der Waals surface area contributed by atoms with Crippen LogP contribution in [0.15, 0.2) is 29.2 Å². The van der Waals surface area contributed by atoms with E-state index < -0.39 is 0 Å². The predicted octanol–water partition coefficient (Wildman–Crippen LogP) is 2.45. The summed E-state index contributed by atoms with van der Waals surface area (Å²) in [5, 5.41) is 8.29. The summed E-state index contributed by atoms with van der Waals surface area (Å²) >= 11 is 11.9. The lowest BCUT2D eigenvalue weighted by Crippen LogP contribution is -2.36. The summed E-state index contributed by atoms with van der Waals surface area (Å²) in [4.78, 5) is 19.6. The first-order chi connectivity index (χ1) is 13.1. The standard InChI is InChI=1S/C17H17Cl2N5O3/c18-12-2-1-10(5-13(12)19)6-20-17-22-14-7-21-24(15(14)16(25)23-17)3-4-27-11-8-26-9-11/h1-2,5,7,11H,3-4,6,8-9H2,(H2,20,22,23,25). The molecule has 0 unspecified atom stereocenters. The molecule has 4 rings (SSSR count). The van der Waals surface area contributed by atoms with Crippen molar-refractivity contribution in [1.29, 1.82) is 0 Å². The van der Waals surface area contributed by atoms with Gasteiger partial charge in [-0.25, -0.2) is 4.98 Å². The van der Waals surface area contributed by atoms with Crippen molar-refractivity contribution in [2.45, 2.75) is 19.2 Å². The lowest BCUT2D eigenvalue weighted by atomic mass is 10.2. The summed E-state index contributed by atoms with van der Waals surface area (Å²) in [6.45, 7) is 2.62. The molecule has 3 heterocycles. The van der Waals surface area contributed by atoms with Crippen LogP contribution in [-0.2, 0) is 22.6 Å². The van der Waals surface area contributed by atoms with Gasteiger partial charge in [0.2, 0.25) is 5.95 Å². The van der Waals surface area contributed by atoms with Crippen LogP contribution in [0.2, 0.25) is 10.0 Å². The molecule has 2 N–H and O–H groups in total. The van der Waals surface area contributed by atoms with E-state index in [1.54, 1.807) is 23.0 Å². The van der Waals surface area contributed by atoms with Gasteiger partial charge < -0.3 is 14.8 Å². The monoisotopic (exact) mass is 409 g/mol.